The molecule has 0 saturated carbocycles. The Bertz CT molecular complexity index is 771. The number of hydrogen-bond acceptors (Lipinski definition) is 5. The minimum atomic E-state index is -0.369. The first kappa shape index (κ1) is 15.6. The molecule has 2 heterocycles. The van der Waals surface area contributed by atoms with Gasteiger partial charge in [-0.25, -0.2) is 0 Å². The molecule has 1 aliphatic rings. The highest BCUT2D eigenvalue weighted by Crippen LogP contribution is 2.30. The number of amides is 2. The summed E-state index contributed by atoms with van der Waals surface area (Å²) in [4.78, 5) is 26.4. The van der Waals surface area contributed by atoms with Gasteiger partial charge in [0, 0.05) is 18.7 Å². The number of nitrogens with zero attached hydrogens (tertiary/aromatic N) is 3. The van der Waals surface area contributed by atoms with Gasteiger partial charge in [-0.2, -0.15) is 0 Å². The van der Waals surface area contributed by atoms with Gasteiger partial charge in [-0.15, -0.1) is 10.2 Å². The predicted molar refractivity (Wildman–Crippen MR) is 89.7 cm³/mol. The van der Waals surface area contributed by atoms with Gasteiger partial charge in [-0.3, -0.25) is 9.59 Å². The molecule has 2 aromatic rings. The fraction of sp³-hybridized carbons (Fsp3) is 0.375. The van der Waals surface area contributed by atoms with Crippen LogP contribution in [0.3, 0.4) is 0 Å². The second kappa shape index (κ2) is 6.08. The van der Waals surface area contributed by atoms with Crippen LogP contribution < -0.4 is 10.2 Å². The fourth-order valence-corrected chi connectivity index (χ4v) is 3.29. The van der Waals surface area contributed by atoms with Crippen molar-refractivity contribution in [3.63, 3.8) is 0 Å². The normalized spacial score (nSPS) is 17.6. The molecule has 2 amide bonds. The molecule has 6 nitrogen and oxygen atoms in total. The number of rotatable bonds is 3. The van der Waals surface area contributed by atoms with E-state index in [9.17, 15) is 9.59 Å². The van der Waals surface area contributed by atoms with E-state index in [1.165, 1.54) is 11.3 Å². The summed E-state index contributed by atoms with van der Waals surface area (Å²) in [5, 5.41) is 11.8. The maximum Gasteiger partial charge on any atom is 0.231 e. The lowest BCUT2D eigenvalue weighted by atomic mass is 10.1. The van der Waals surface area contributed by atoms with E-state index in [0.717, 1.165) is 21.8 Å². The third-order valence-electron chi connectivity index (χ3n) is 4.12. The Kier molecular flexibility index (Phi) is 4.12. The Balaban J connectivity index is 1.74. The molecule has 0 aliphatic carbocycles. The van der Waals surface area contributed by atoms with Gasteiger partial charge in [0.2, 0.25) is 16.9 Å². The molecule has 0 bridgehead atoms. The second-order valence-electron chi connectivity index (χ2n) is 5.74. The topological polar surface area (TPSA) is 75.2 Å². The van der Waals surface area contributed by atoms with Crippen LogP contribution in [0.1, 0.15) is 22.6 Å². The summed E-state index contributed by atoms with van der Waals surface area (Å²) in [7, 11) is 0. The maximum atomic E-state index is 12.3. The van der Waals surface area contributed by atoms with Crippen molar-refractivity contribution in [3.05, 3.63) is 34.3 Å². The number of nitrogens with one attached hydrogen (secondary N) is 1. The molecule has 0 unspecified atom stereocenters. The van der Waals surface area contributed by atoms with Crippen LogP contribution >= 0.6 is 11.3 Å². The maximum absolute atomic E-state index is 12.3. The molecule has 120 valence electrons. The third-order valence-corrected chi connectivity index (χ3v) is 4.87. The van der Waals surface area contributed by atoms with Crippen molar-refractivity contribution in [2.75, 3.05) is 16.8 Å². The van der Waals surface area contributed by atoms with Crippen molar-refractivity contribution in [2.45, 2.75) is 27.2 Å². The number of benzene rings is 1. The standard InChI is InChI=1S/C16H18N4O2S/c1-9-5-4-6-13(10(9)2)20-8-12(7-14(20)21)15(22)17-16-19-18-11(3)23-16/h4-6,12H,7-8H2,1-3H3,(H,17,19,22)/t12-/m0/s1. The minimum absolute atomic E-state index is 0.0210. The Morgan fingerprint density at radius 1 is 1.30 bits per heavy atom. The molecule has 1 aliphatic heterocycles. The van der Waals surface area contributed by atoms with Gasteiger partial charge < -0.3 is 10.2 Å². The van der Waals surface area contributed by atoms with E-state index in [-0.39, 0.29) is 24.2 Å². The molecular weight excluding hydrogens is 312 g/mol. The molecule has 0 radical (unpaired) electrons. The molecule has 1 aromatic carbocycles. The van der Waals surface area contributed by atoms with E-state index in [1.807, 2.05) is 39.0 Å². The van der Waals surface area contributed by atoms with Crippen molar-refractivity contribution in [3.8, 4) is 0 Å². The molecule has 1 aromatic heterocycles. The van der Waals surface area contributed by atoms with E-state index in [0.29, 0.717) is 11.7 Å². The number of carbonyl (C=O) groups excluding carboxylic acids is 2. The molecule has 1 fully saturated rings. The SMILES string of the molecule is Cc1nnc(NC(=O)[C@H]2CC(=O)N(c3cccc(C)c3C)C2)s1. The van der Waals surface area contributed by atoms with Gasteiger partial charge in [0.1, 0.15) is 5.01 Å². The summed E-state index contributed by atoms with van der Waals surface area (Å²) in [6.45, 7) is 6.23. The van der Waals surface area contributed by atoms with Gasteiger partial charge in [-0.1, -0.05) is 23.5 Å². The van der Waals surface area contributed by atoms with E-state index in [2.05, 4.69) is 15.5 Å². The van der Waals surface area contributed by atoms with Gasteiger partial charge >= 0.3 is 0 Å². The zero-order valence-corrected chi connectivity index (χ0v) is 14.1. The molecule has 1 N–H and O–H groups in total. The van der Waals surface area contributed by atoms with Crippen LogP contribution in [0.2, 0.25) is 0 Å². The molecule has 0 spiro atoms. The first-order valence-electron chi connectivity index (χ1n) is 7.43. The summed E-state index contributed by atoms with van der Waals surface area (Å²) in [5.74, 6) is -0.568. The Labute approximate surface area is 138 Å². The molecule has 23 heavy (non-hydrogen) atoms. The number of hydrogen-bond donors (Lipinski definition) is 1. The van der Waals surface area contributed by atoms with Crippen LogP contribution in [0.4, 0.5) is 10.8 Å². The lowest BCUT2D eigenvalue weighted by Crippen LogP contribution is -2.28. The van der Waals surface area contributed by atoms with E-state index >= 15 is 0 Å². The predicted octanol–water partition coefficient (Wildman–Crippen LogP) is 2.45. The minimum Gasteiger partial charge on any atom is -0.311 e. The van der Waals surface area contributed by atoms with Crippen LogP contribution in [-0.2, 0) is 9.59 Å². The highest BCUT2D eigenvalue weighted by Gasteiger charge is 2.36. The average molecular weight is 330 g/mol. The van der Waals surface area contributed by atoms with Crippen molar-refractivity contribution in [1.29, 1.82) is 0 Å². The average Bonchev–Trinajstić information content (AvgIpc) is 3.08. The second-order valence-corrected chi connectivity index (χ2v) is 6.92. The molecule has 1 atom stereocenters. The summed E-state index contributed by atoms with van der Waals surface area (Å²) >= 11 is 1.32. The van der Waals surface area contributed by atoms with Crippen LogP contribution in [0.15, 0.2) is 18.2 Å². The van der Waals surface area contributed by atoms with Gasteiger partial charge in [-0.05, 0) is 38.0 Å². The summed E-state index contributed by atoms with van der Waals surface area (Å²) in [6.07, 6.45) is 0.219. The summed E-state index contributed by atoms with van der Waals surface area (Å²) in [6, 6.07) is 5.87. The van der Waals surface area contributed by atoms with E-state index < -0.39 is 0 Å². The van der Waals surface area contributed by atoms with E-state index in [4.69, 9.17) is 0 Å². The number of aryl methyl sites for hydroxylation is 2. The summed E-state index contributed by atoms with van der Waals surface area (Å²) in [5.41, 5.74) is 3.09. The van der Waals surface area contributed by atoms with Crippen molar-refractivity contribution < 1.29 is 9.59 Å². The van der Waals surface area contributed by atoms with Gasteiger partial charge in [0.05, 0.1) is 5.92 Å². The number of anilines is 2. The quantitative estimate of drug-likeness (QED) is 0.938. The first-order chi connectivity index (χ1) is 11.0. The van der Waals surface area contributed by atoms with Crippen molar-refractivity contribution in [2.24, 2.45) is 5.92 Å². The smallest absolute Gasteiger partial charge is 0.231 e. The van der Waals surface area contributed by atoms with Crippen LogP contribution in [0.5, 0.6) is 0 Å². The number of carbonyl (C=O) groups is 2. The zero-order chi connectivity index (χ0) is 16.6. The zero-order valence-electron chi connectivity index (χ0n) is 13.3. The van der Waals surface area contributed by atoms with Crippen molar-refractivity contribution in [1.82, 2.24) is 10.2 Å². The fourth-order valence-electron chi connectivity index (χ4n) is 2.70. The third kappa shape index (κ3) is 3.10. The Morgan fingerprint density at radius 3 is 2.78 bits per heavy atom. The van der Waals surface area contributed by atoms with E-state index in [1.54, 1.807) is 4.90 Å². The Hall–Kier alpha value is -2.28. The Morgan fingerprint density at radius 2 is 2.09 bits per heavy atom. The molecular formula is C16H18N4O2S. The van der Waals surface area contributed by atoms with Gasteiger partial charge in [0.25, 0.3) is 0 Å². The summed E-state index contributed by atoms with van der Waals surface area (Å²) < 4.78 is 0. The first-order valence-corrected chi connectivity index (χ1v) is 8.25. The lowest BCUT2D eigenvalue weighted by Gasteiger charge is -2.20. The largest absolute Gasteiger partial charge is 0.311 e. The van der Waals surface area contributed by atoms with Crippen LogP contribution in [0.25, 0.3) is 0 Å². The molecule has 1 saturated heterocycles. The highest BCUT2D eigenvalue weighted by molar-refractivity contribution is 7.15. The van der Waals surface area contributed by atoms with Crippen molar-refractivity contribution >= 4 is 34.0 Å². The highest BCUT2D eigenvalue weighted by atomic mass is 32.1. The lowest BCUT2D eigenvalue weighted by molar-refractivity contribution is -0.122. The number of aromatic nitrogens is 2. The van der Waals surface area contributed by atoms with Gasteiger partial charge in [0.15, 0.2) is 0 Å². The van der Waals surface area contributed by atoms with Crippen LogP contribution in [-0.4, -0.2) is 28.6 Å². The molecule has 3 rings (SSSR count). The van der Waals surface area contributed by atoms with Crippen LogP contribution in [0, 0.1) is 26.7 Å². The monoisotopic (exact) mass is 330 g/mol. The molecule has 7 heteroatoms.